The molecule has 19 heavy (non-hydrogen) atoms. The summed E-state index contributed by atoms with van der Waals surface area (Å²) in [6.07, 6.45) is 1.09. The molecule has 1 amide bonds. The molecule has 0 aromatic heterocycles. The second-order valence-corrected chi connectivity index (χ2v) is 4.73. The summed E-state index contributed by atoms with van der Waals surface area (Å²) < 4.78 is 5.44. The largest absolute Gasteiger partial charge is 0.484 e. The first-order chi connectivity index (χ1) is 9.13. The molecule has 1 aromatic carbocycles. The van der Waals surface area contributed by atoms with Gasteiger partial charge in [-0.25, -0.2) is 0 Å². The van der Waals surface area contributed by atoms with Gasteiger partial charge < -0.3 is 15.4 Å². The van der Waals surface area contributed by atoms with Gasteiger partial charge in [0.25, 0.3) is 5.91 Å². The molecular weight excluding hydrogens is 264 g/mol. The lowest BCUT2D eigenvalue weighted by Gasteiger charge is -2.10. The minimum atomic E-state index is -0.118. The van der Waals surface area contributed by atoms with Crippen molar-refractivity contribution in [3.63, 3.8) is 0 Å². The molecule has 0 aliphatic carbocycles. The predicted octanol–water partition coefficient (Wildman–Crippen LogP) is 2.14. The minimum absolute atomic E-state index is 0.0241. The molecular formula is C14H21ClN2O2. The Kier molecular flexibility index (Phi) is 7.30. The number of hydrogen-bond acceptors (Lipinski definition) is 3. The highest BCUT2D eigenvalue weighted by molar-refractivity contribution is 6.30. The molecule has 0 spiro atoms. The van der Waals surface area contributed by atoms with Crippen molar-refractivity contribution in [2.24, 2.45) is 0 Å². The summed E-state index contributed by atoms with van der Waals surface area (Å²) in [6.45, 7) is 6.38. The third kappa shape index (κ3) is 6.45. The van der Waals surface area contributed by atoms with Gasteiger partial charge in [0.2, 0.25) is 0 Å². The molecule has 2 N–H and O–H groups in total. The van der Waals surface area contributed by atoms with Crippen LogP contribution < -0.4 is 15.4 Å². The van der Waals surface area contributed by atoms with Crippen molar-refractivity contribution in [2.75, 3.05) is 26.2 Å². The number of rotatable bonds is 8. The van der Waals surface area contributed by atoms with Gasteiger partial charge in [-0.3, -0.25) is 4.79 Å². The van der Waals surface area contributed by atoms with Gasteiger partial charge in [0.05, 0.1) is 0 Å². The van der Waals surface area contributed by atoms with Crippen LogP contribution in [-0.2, 0) is 4.79 Å². The average molecular weight is 285 g/mol. The summed E-state index contributed by atoms with van der Waals surface area (Å²) in [5.74, 6) is 0.566. The fraction of sp³-hybridized carbons (Fsp3) is 0.500. The van der Waals surface area contributed by atoms with E-state index in [1.54, 1.807) is 12.1 Å². The topological polar surface area (TPSA) is 50.4 Å². The van der Waals surface area contributed by atoms with Gasteiger partial charge in [0.1, 0.15) is 5.75 Å². The highest BCUT2D eigenvalue weighted by Gasteiger charge is 2.04. The normalized spacial score (nSPS) is 10.3. The van der Waals surface area contributed by atoms with E-state index in [0.29, 0.717) is 17.3 Å². The van der Waals surface area contributed by atoms with E-state index in [9.17, 15) is 4.79 Å². The van der Waals surface area contributed by atoms with Crippen LogP contribution in [0.15, 0.2) is 18.2 Å². The molecule has 4 nitrogen and oxygen atoms in total. The van der Waals surface area contributed by atoms with E-state index in [2.05, 4.69) is 17.6 Å². The zero-order chi connectivity index (χ0) is 14.1. The van der Waals surface area contributed by atoms with Crippen LogP contribution in [0.25, 0.3) is 0 Å². The number of hydrogen-bond donors (Lipinski definition) is 2. The summed E-state index contributed by atoms with van der Waals surface area (Å²) >= 11 is 5.85. The fourth-order valence-electron chi connectivity index (χ4n) is 1.56. The quantitative estimate of drug-likeness (QED) is 0.719. The maximum atomic E-state index is 11.5. The first-order valence-corrected chi connectivity index (χ1v) is 6.87. The molecule has 1 rings (SSSR count). The van der Waals surface area contributed by atoms with Gasteiger partial charge in [-0.05, 0) is 43.7 Å². The highest BCUT2D eigenvalue weighted by atomic mass is 35.5. The lowest BCUT2D eigenvalue weighted by atomic mass is 10.2. The van der Waals surface area contributed by atoms with E-state index < -0.39 is 0 Å². The van der Waals surface area contributed by atoms with Crippen LogP contribution >= 0.6 is 11.6 Å². The minimum Gasteiger partial charge on any atom is -0.484 e. The zero-order valence-electron chi connectivity index (χ0n) is 11.5. The monoisotopic (exact) mass is 284 g/mol. The van der Waals surface area contributed by atoms with Crippen LogP contribution in [-0.4, -0.2) is 32.1 Å². The molecule has 0 saturated carbocycles. The fourth-order valence-corrected chi connectivity index (χ4v) is 1.79. The van der Waals surface area contributed by atoms with Crippen molar-refractivity contribution >= 4 is 17.5 Å². The Morgan fingerprint density at radius 3 is 2.79 bits per heavy atom. The first-order valence-electron chi connectivity index (χ1n) is 6.50. The van der Waals surface area contributed by atoms with E-state index in [1.807, 2.05) is 13.0 Å². The van der Waals surface area contributed by atoms with Crippen LogP contribution in [0, 0.1) is 6.92 Å². The third-order valence-corrected chi connectivity index (χ3v) is 2.78. The summed E-state index contributed by atoms with van der Waals surface area (Å²) in [5.41, 5.74) is 0.921. The summed E-state index contributed by atoms with van der Waals surface area (Å²) in [5, 5.41) is 6.66. The summed E-state index contributed by atoms with van der Waals surface area (Å²) in [7, 11) is 0. The van der Waals surface area contributed by atoms with Gasteiger partial charge in [-0.15, -0.1) is 0 Å². The van der Waals surface area contributed by atoms with E-state index in [0.717, 1.165) is 25.1 Å². The van der Waals surface area contributed by atoms with Crippen LogP contribution in [0.1, 0.15) is 18.9 Å². The Morgan fingerprint density at radius 2 is 2.11 bits per heavy atom. The van der Waals surface area contributed by atoms with E-state index in [4.69, 9.17) is 16.3 Å². The molecule has 0 saturated heterocycles. The van der Waals surface area contributed by atoms with E-state index in [-0.39, 0.29) is 12.5 Å². The maximum absolute atomic E-state index is 11.5. The first kappa shape index (κ1) is 15.8. The number of halogens is 1. The van der Waals surface area contributed by atoms with Crippen molar-refractivity contribution in [2.45, 2.75) is 20.3 Å². The molecule has 0 atom stereocenters. The molecule has 0 bridgehead atoms. The number of carbonyl (C=O) groups excluding carboxylic acids is 1. The molecule has 5 heteroatoms. The zero-order valence-corrected chi connectivity index (χ0v) is 12.2. The predicted molar refractivity (Wildman–Crippen MR) is 77.9 cm³/mol. The molecule has 0 fully saturated rings. The van der Waals surface area contributed by atoms with Crippen molar-refractivity contribution in [1.29, 1.82) is 0 Å². The molecule has 0 radical (unpaired) electrons. The maximum Gasteiger partial charge on any atom is 0.257 e. The average Bonchev–Trinajstić information content (AvgIpc) is 2.37. The summed E-state index contributed by atoms with van der Waals surface area (Å²) in [6, 6.07) is 5.33. The van der Waals surface area contributed by atoms with Crippen LogP contribution in [0.5, 0.6) is 5.75 Å². The van der Waals surface area contributed by atoms with E-state index in [1.165, 1.54) is 0 Å². The molecule has 106 valence electrons. The smallest absolute Gasteiger partial charge is 0.257 e. The van der Waals surface area contributed by atoms with Gasteiger partial charge in [-0.1, -0.05) is 18.5 Å². The lowest BCUT2D eigenvalue weighted by molar-refractivity contribution is -0.123. The molecule has 1 aromatic rings. The third-order valence-electron chi connectivity index (χ3n) is 2.55. The van der Waals surface area contributed by atoms with Crippen molar-refractivity contribution < 1.29 is 9.53 Å². The standard InChI is InChI=1S/C14H21ClN2O2/c1-3-6-16-7-8-17-14(18)10-19-13-5-4-12(15)9-11(13)2/h4-5,9,16H,3,6-8,10H2,1-2H3,(H,17,18). The Labute approximate surface area is 119 Å². The number of benzene rings is 1. The lowest BCUT2D eigenvalue weighted by Crippen LogP contribution is -2.35. The van der Waals surface area contributed by atoms with E-state index >= 15 is 0 Å². The van der Waals surface area contributed by atoms with Gasteiger partial charge in [0, 0.05) is 18.1 Å². The summed E-state index contributed by atoms with van der Waals surface area (Å²) in [4.78, 5) is 11.5. The second kappa shape index (κ2) is 8.77. The Hall–Kier alpha value is -1.26. The second-order valence-electron chi connectivity index (χ2n) is 4.30. The van der Waals surface area contributed by atoms with Crippen LogP contribution in [0.3, 0.4) is 0 Å². The van der Waals surface area contributed by atoms with Crippen molar-refractivity contribution in [3.8, 4) is 5.75 Å². The molecule has 0 aliphatic heterocycles. The number of ether oxygens (including phenoxy) is 1. The van der Waals surface area contributed by atoms with Crippen LogP contribution in [0.4, 0.5) is 0 Å². The number of nitrogens with one attached hydrogen (secondary N) is 2. The highest BCUT2D eigenvalue weighted by Crippen LogP contribution is 2.21. The van der Waals surface area contributed by atoms with Gasteiger partial charge >= 0.3 is 0 Å². The Bertz CT molecular complexity index is 410. The number of carbonyl (C=O) groups is 1. The number of aryl methyl sites for hydroxylation is 1. The molecule has 0 heterocycles. The Balaban J connectivity index is 2.22. The van der Waals surface area contributed by atoms with Crippen molar-refractivity contribution in [3.05, 3.63) is 28.8 Å². The van der Waals surface area contributed by atoms with Crippen LogP contribution in [0.2, 0.25) is 5.02 Å². The SMILES string of the molecule is CCCNCCNC(=O)COc1ccc(Cl)cc1C. The Morgan fingerprint density at radius 1 is 1.32 bits per heavy atom. The number of amides is 1. The van der Waals surface area contributed by atoms with Crippen molar-refractivity contribution in [1.82, 2.24) is 10.6 Å². The van der Waals surface area contributed by atoms with Gasteiger partial charge in [0.15, 0.2) is 6.61 Å². The molecule has 0 aliphatic rings. The van der Waals surface area contributed by atoms with Gasteiger partial charge in [-0.2, -0.15) is 0 Å². The molecule has 0 unspecified atom stereocenters.